The lowest BCUT2D eigenvalue weighted by Crippen LogP contribution is -2.28. The molecule has 12 aromatic carbocycles. The maximum Gasteiger partial charge on any atom is 0.160 e. The second-order valence-electron chi connectivity index (χ2n) is 20.0. The van der Waals surface area contributed by atoms with Crippen molar-refractivity contribution >= 4 is 10.8 Å². The topological polar surface area (TPSA) is 25.8 Å². The van der Waals surface area contributed by atoms with E-state index in [1.165, 1.54) is 61.2 Å². The Morgan fingerprint density at radius 2 is 0.649 bits per heavy atom. The van der Waals surface area contributed by atoms with Crippen molar-refractivity contribution in [2.75, 3.05) is 0 Å². The van der Waals surface area contributed by atoms with Gasteiger partial charge in [-0.3, -0.25) is 0 Å². The van der Waals surface area contributed by atoms with Crippen LogP contribution in [0.4, 0.5) is 0 Å². The monoisotopic (exact) mass is 978 g/mol. The highest BCUT2D eigenvalue weighted by Crippen LogP contribution is 2.58. The van der Waals surface area contributed by atoms with E-state index in [4.69, 9.17) is 9.97 Å². The van der Waals surface area contributed by atoms with Crippen molar-refractivity contribution in [3.63, 3.8) is 0 Å². The molecule has 360 valence electrons. The van der Waals surface area contributed by atoms with Crippen LogP contribution in [0.15, 0.2) is 303 Å². The summed E-state index contributed by atoms with van der Waals surface area (Å²) in [4.78, 5) is 10.5. The summed E-state index contributed by atoms with van der Waals surface area (Å²) in [5.74, 6) is 0.692. The number of benzene rings is 12. The first-order valence-corrected chi connectivity index (χ1v) is 26.5. The molecule has 77 heavy (non-hydrogen) atoms. The van der Waals surface area contributed by atoms with Crippen molar-refractivity contribution in [3.05, 3.63) is 326 Å². The lowest BCUT2D eigenvalue weighted by atomic mass is 9.67. The molecule has 0 unspecified atom stereocenters. The van der Waals surface area contributed by atoms with Crippen molar-refractivity contribution in [2.24, 2.45) is 0 Å². The van der Waals surface area contributed by atoms with Crippen LogP contribution in [0.2, 0.25) is 0 Å². The predicted molar refractivity (Wildman–Crippen MR) is 320 cm³/mol. The van der Waals surface area contributed by atoms with E-state index in [1.54, 1.807) is 0 Å². The minimum atomic E-state index is -0.478. The Kier molecular flexibility index (Phi) is 11.5. The summed E-state index contributed by atoms with van der Waals surface area (Å²) in [6.07, 6.45) is 0. The SMILES string of the molecule is c1ccc(-c2ccc(-c3cc(-c4ccc(-c5cc(-c6ccccc6)cc(-c6cccc(-c7cccc8c7-c7ccccc7C8(c7ccccc7)c7ccccc7)c6)c5)c5ccccc45)nc(-c4ccccc4)n3)cc2)cc1. The van der Waals surface area contributed by atoms with Crippen molar-refractivity contribution in [1.82, 2.24) is 9.97 Å². The van der Waals surface area contributed by atoms with Gasteiger partial charge in [0.2, 0.25) is 0 Å². The number of rotatable bonds is 10. The standard InChI is InChI=1S/C75H50N2/c1-6-22-51(23-7-1)53-40-42-54(43-41-53)71-50-72(77-74(76-71)55-26-10-3-11-27-55)67-45-44-63(65-34-16-17-35-66(65)67)60-48-58(52-24-8-2-9-25-52)47-59(49-60)56-28-20-29-57(46-56)64-37-21-39-70-73(64)68-36-18-19-38-69(68)75(70,61-30-12-4-13-31-61)62-32-14-5-15-33-62/h1-50H. The van der Waals surface area contributed by atoms with Gasteiger partial charge in [0.1, 0.15) is 0 Å². The molecule has 0 spiro atoms. The highest BCUT2D eigenvalue weighted by atomic mass is 14.9. The molecule has 1 aliphatic carbocycles. The van der Waals surface area contributed by atoms with Crippen LogP contribution in [-0.4, -0.2) is 9.97 Å². The first-order valence-electron chi connectivity index (χ1n) is 26.5. The highest BCUT2D eigenvalue weighted by molar-refractivity contribution is 6.06. The molecular formula is C75H50N2. The van der Waals surface area contributed by atoms with Gasteiger partial charge in [0, 0.05) is 16.7 Å². The molecule has 0 aliphatic heterocycles. The molecule has 1 heterocycles. The third-order valence-corrected chi connectivity index (χ3v) is 15.6. The van der Waals surface area contributed by atoms with Gasteiger partial charge < -0.3 is 0 Å². The number of hydrogen-bond acceptors (Lipinski definition) is 2. The van der Waals surface area contributed by atoms with Crippen molar-refractivity contribution in [1.29, 1.82) is 0 Å². The lowest BCUT2D eigenvalue weighted by Gasteiger charge is -2.34. The third kappa shape index (κ3) is 8.07. The van der Waals surface area contributed by atoms with Crippen LogP contribution in [0.1, 0.15) is 22.3 Å². The van der Waals surface area contributed by atoms with Crippen LogP contribution in [0, 0.1) is 0 Å². The summed E-state index contributed by atoms with van der Waals surface area (Å²) in [7, 11) is 0. The highest BCUT2D eigenvalue weighted by Gasteiger charge is 2.46. The van der Waals surface area contributed by atoms with E-state index in [1.807, 2.05) is 18.2 Å². The summed E-state index contributed by atoms with van der Waals surface area (Å²) in [5.41, 5.74) is 23.7. The minimum absolute atomic E-state index is 0.478. The zero-order valence-electron chi connectivity index (χ0n) is 42.3. The van der Waals surface area contributed by atoms with E-state index >= 15 is 0 Å². The average molecular weight is 979 g/mol. The first-order chi connectivity index (χ1) is 38.2. The zero-order chi connectivity index (χ0) is 51.1. The fraction of sp³-hybridized carbons (Fsp3) is 0.0133. The molecule has 2 heteroatoms. The van der Waals surface area contributed by atoms with E-state index in [-0.39, 0.29) is 0 Å². The molecule has 1 aliphatic rings. The van der Waals surface area contributed by atoms with Crippen LogP contribution < -0.4 is 0 Å². The fourth-order valence-electron chi connectivity index (χ4n) is 12.0. The van der Waals surface area contributed by atoms with Gasteiger partial charge in [-0.05, 0) is 130 Å². The molecule has 0 bridgehead atoms. The number of hydrogen-bond donors (Lipinski definition) is 0. The van der Waals surface area contributed by atoms with Crippen LogP contribution in [-0.2, 0) is 5.41 Å². The summed E-state index contributed by atoms with van der Waals surface area (Å²) in [6, 6.07) is 110. The summed E-state index contributed by atoms with van der Waals surface area (Å²) < 4.78 is 0. The molecule has 0 radical (unpaired) electrons. The van der Waals surface area contributed by atoms with E-state index in [9.17, 15) is 0 Å². The Bertz CT molecular complexity index is 4240. The number of fused-ring (bicyclic) bond motifs is 4. The zero-order valence-corrected chi connectivity index (χ0v) is 42.3. The smallest absolute Gasteiger partial charge is 0.160 e. The molecule has 0 atom stereocenters. The second-order valence-corrected chi connectivity index (χ2v) is 20.0. The van der Waals surface area contributed by atoms with Crippen LogP contribution in [0.25, 0.3) is 111 Å². The Labute approximate surface area is 450 Å². The number of nitrogens with zero attached hydrogens (tertiary/aromatic N) is 2. The second kappa shape index (κ2) is 19.4. The molecule has 1 aromatic heterocycles. The van der Waals surface area contributed by atoms with Gasteiger partial charge in [-0.25, -0.2) is 9.97 Å². The summed E-state index contributed by atoms with van der Waals surface area (Å²) >= 11 is 0. The Balaban J connectivity index is 0.905. The molecule has 0 fully saturated rings. The van der Waals surface area contributed by atoms with Gasteiger partial charge in [-0.2, -0.15) is 0 Å². The minimum Gasteiger partial charge on any atom is -0.228 e. The van der Waals surface area contributed by atoms with Crippen molar-refractivity contribution < 1.29 is 0 Å². The van der Waals surface area contributed by atoms with Gasteiger partial charge in [-0.15, -0.1) is 0 Å². The van der Waals surface area contributed by atoms with Crippen molar-refractivity contribution in [3.8, 4) is 101 Å². The molecule has 0 saturated carbocycles. The first kappa shape index (κ1) is 45.6. The average Bonchev–Trinajstić information content (AvgIpc) is 4.03. The quantitative estimate of drug-likeness (QED) is 0.136. The molecule has 13 aromatic rings. The molecule has 0 N–H and O–H groups in total. The maximum absolute atomic E-state index is 5.32. The maximum atomic E-state index is 5.32. The predicted octanol–water partition coefficient (Wildman–Crippen LogP) is 19.3. The van der Waals surface area contributed by atoms with E-state index in [0.717, 1.165) is 66.7 Å². The lowest BCUT2D eigenvalue weighted by molar-refractivity contribution is 0.768. The van der Waals surface area contributed by atoms with E-state index < -0.39 is 5.41 Å². The molecule has 2 nitrogen and oxygen atoms in total. The fourth-order valence-corrected chi connectivity index (χ4v) is 12.0. The van der Waals surface area contributed by atoms with Gasteiger partial charge in [-0.1, -0.05) is 273 Å². The molecular weight excluding hydrogens is 929 g/mol. The van der Waals surface area contributed by atoms with Gasteiger partial charge in [0.25, 0.3) is 0 Å². The van der Waals surface area contributed by atoms with E-state index in [0.29, 0.717) is 5.82 Å². The normalized spacial score (nSPS) is 12.3. The number of aromatic nitrogens is 2. The van der Waals surface area contributed by atoms with Crippen LogP contribution in [0.5, 0.6) is 0 Å². The van der Waals surface area contributed by atoms with Crippen molar-refractivity contribution in [2.45, 2.75) is 5.41 Å². The Morgan fingerprint density at radius 1 is 0.221 bits per heavy atom. The molecule has 0 saturated heterocycles. The molecule has 14 rings (SSSR count). The largest absolute Gasteiger partial charge is 0.228 e. The Hall–Kier alpha value is -10.0. The van der Waals surface area contributed by atoms with Crippen LogP contribution >= 0.6 is 0 Å². The van der Waals surface area contributed by atoms with Gasteiger partial charge in [0.05, 0.1) is 16.8 Å². The van der Waals surface area contributed by atoms with Gasteiger partial charge >= 0.3 is 0 Å². The van der Waals surface area contributed by atoms with Crippen LogP contribution in [0.3, 0.4) is 0 Å². The third-order valence-electron chi connectivity index (χ3n) is 15.6. The summed E-state index contributed by atoms with van der Waals surface area (Å²) in [6.45, 7) is 0. The van der Waals surface area contributed by atoms with Gasteiger partial charge in [0.15, 0.2) is 5.82 Å². The van der Waals surface area contributed by atoms with E-state index in [2.05, 4.69) is 285 Å². The summed E-state index contributed by atoms with van der Waals surface area (Å²) in [5, 5.41) is 2.28. The molecule has 0 amide bonds. The Morgan fingerprint density at radius 3 is 1.32 bits per heavy atom.